The van der Waals surface area contributed by atoms with E-state index in [1.807, 2.05) is 0 Å². The monoisotopic (exact) mass is 222 g/mol. The SMILES string of the molecule is CC/C=C/CCN=c1cc(N)n(O)c(N)c1. The van der Waals surface area contributed by atoms with Gasteiger partial charge in [-0.25, -0.2) is 0 Å². The maximum atomic E-state index is 9.29. The van der Waals surface area contributed by atoms with Crippen molar-refractivity contribution in [2.45, 2.75) is 19.8 Å². The lowest BCUT2D eigenvalue weighted by Gasteiger charge is -2.04. The fourth-order valence-electron chi connectivity index (χ4n) is 1.26. The van der Waals surface area contributed by atoms with E-state index in [-0.39, 0.29) is 11.6 Å². The average molecular weight is 222 g/mol. The van der Waals surface area contributed by atoms with Crippen molar-refractivity contribution in [3.63, 3.8) is 0 Å². The van der Waals surface area contributed by atoms with E-state index in [1.165, 1.54) is 0 Å². The summed E-state index contributed by atoms with van der Waals surface area (Å²) >= 11 is 0. The minimum Gasteiger partial charge on any atom is -0.425 e. The molecule has 5 nitrogen and oxygen atoms in total. The van der Waals surface area contributed by atoms with E-state index in [2.05, 4.69) is 24.1 Å². The Balaban J connectivity index is 2.73. The van der Waals surface area contributed by atoms with Gasteiger partial charge in [-0.1, -0.05) is 19.1 Å². The van der Waals surface area contributed by atoms with E-state index in [9.17, 15) is 5.21 Å². The Morgan fingerprint density at radius 1 is 1.31 bits per heavy atom. The highest BCUT2D eigenvalue weighted by Gasteiger charge is 1.97. The van der Waals surface area contributed by atoms with Crippen molar-refractivity contribution in [3.05, 3.63) is 29.6 Å². The molecule has 0 atom stereocenters. The second-order valence-electron chi connectivity index (χ2n) is 3.43. The third-order valence-corrected chi connectivity index (χ3v) is 2.07. The Kier molecular flexibility index (Phi) is 4.44. The molecule has 0 radical (unpaired) electrons. The maximum Gasteiger partial charge on any atom is 0.144 e. The maximum absolute atomic E-state index is 9.29. The van der Waals surface area contributed by atoms with Crippen molar-refractivity contribution in [2.75, 3.05) is 18.0 Å². The number of pyridine rings is 1. The second kappa shape index (κ2) is 5.85. The minimum atomic E-state index is 0.183. The van der Waals surface area contributed by atoms with Crippen molar-refractivity contribution in [1.29, 1.82) is 0 Å². The molecule has 5 heteroatoms. The molecule has 0 aliphatic heterocycles. The van der Waals surface area contributed by atoms with Gasteiger partial charge in [0.25, 0.3) is 0 Å². The molecule has 1 aromatic rings. The highest BCUT2D eigenvalue weighted by Crippen LogP contribution is 2.02. The molecule has 0 spiro atoms. The number of allylic oxidation sites excluding steroid dienone is 1. The molecule has 0 bridgehead atoms. The lowest BCUT2D eigenvalue weighted by molar-refractivity contribution is 0.197. The Hall–Kier alpha value is -1.91. The van der Waals surface area contributed by atoms with Crippen LogP contribution in [-0.4, -0.2) is 16.5 Å². The number of anilines is 2. The first-order valence-electron chi connectivity index (χ1n) is 5.28. The van der Waals surface area contributed by atoms with E-state index in [0.717, 1.165) is 17.6 Å². The third kappa shape index (κ3) is 3.34. The van der Waals surface area contributed by atoms with Gasteiger partial charge < -0.3 is 16.7 Å². The van der Waals surface area contributed by atoms with Gasteiger partial charge >= 0.3 is 0 Å². The Morgan fingerprint density at radius 2 is 1.94 bits per heavy atom. The van der Waals surface area contributed by atoms with Crippen LogP contribution in [0.15, 0.2) is 29.3 Å². The predicted molar refractivity (Wildman–Crippen MR) is 64.9 cm³/mol. The van der Waals surface area contributed by atoms with Crippen LogP contribution in [0.4, 0.5) is 11.6 Å². The summed E-state index contributed by atoms with van der Waals surface area (Å²) in [4.78, 5) is 4.31. The third-order valence-electron chi connectivity index (χ3n) is 2.07. The number of nitrogens with two attached hydrogens (primary N) is 2. The number of aromatic nitrogens is 1. The molecule has 0 aliphatic rings. The molecular formula is C11H18N4O. The molecule has 1 rings (SSSR count). The average Bonchev–Trinajstić information content (AvgIpc) is 2.25. The molecule has 0 saturated carbocycles. The Morgan fingerprint density at radius 3 is 2.50 bits per heavy atom. The van der Waals surface area contributed by atoms with Gasteiger partial charge in [0.05, 0.1) is 5.36 Å². The summed E-state index contributed by atoms with van der Waals surface area (Å²) in [6.07, 6.45) is 6.12. The largest absolute Gasteiger partial charge is 0.425 e. The summed E-state index contributed by atoms with van der Waals surface area (Å²) in [7, 11) is 0. The number of hydrogen-bond donors (Lipinski definition) is 3. The summed E-state index contributed by atoms with van der Waals surface area (Å²) in [5.41, 5.74) is 11.1. The molecule has 0 unspecified atom stereocenters. The van der Waals surface area contributed by atoms with Gasteiger partial charge in [-0.15, -0.1) is 0 Å². The first kappa shape index (κ1) is 12.2. The van der Waals surface area contributed by atoms with Gasteiger partial charge in [0.2, 0.25) is 0 Å². The van der Waals surface area contributed by atoms with Crippen molar-refractivity contribution >= 4 is 11.6 Å². The highest BCUT2D eigenvalue weighted by molar-refractivity contribution is 5.39. The lowest BCUT2D eigenvalue weighted by Crippen LogP contribution is -2.14. The van der Waals surface area contributed by atoms with Gasteiger partial charge in [-0.3, -0.25) is 4.99 Å². The standard InChI is InChI=1S/C11H18N4O/c1-2-3-4-5-6-14-9-7-10(12)15(16)11(13)8-9/h3-4,7-8,16H,2,5-6,12-13H2,1H3/b4-3+. The van der Waals surface area contributed by atoms with Gasteiger partial charge in [0.15, 0.2) is 0 Å². The van der Waals surface area contributed by atoms with E-state index in [1.54, 1.807) is 12.1 Å². The van der Waals surface area contributed by atoms with Crippen LogP contribution in [0.3, 0.4) is 0 Å². The summed E-state index contributed by atoms with van der Waals surface area (Å²) in [6, 6.07) is 3.17. The molecule has 1 aromatic heterocycles. The first-order valence-corrected chi connectivity index (χ1v) is 5.28. The summed E-state index contributed by atoms with van der Waals surface area (Å²) in [6.45, 7) is 2.77. The number of nitrogen functional groups attached to an aromatic ring is 2. The molecule has 16 heavy (non-hydrogen) atoms. The van der Waals surface area contributed by atoms with Gasteiger partial charge in [0.1, 0.15) is 11.6 Å². The topological polar surface area (TPSA) is 89.6 Å². The van der Waals surface area contributed by atoms with E-state index in [4.69, 9.17) is 11.5 Å². The molecule has 0 aliphatic carbocycles. The Labute approximate surface area is 94.7 Å². The molecular weight excluding hydrogens is 204 g/mol. The summed E-state index contributed by atoms with van der Waals surface area (Å²) in [5, 5.41) is 9.97. The quantitative estimate of drug-likeness (QED) is 0.405. The van der Waals surface area contributed by atoms with Crippen LogP contribution in [0.5, 0.6) is 0 Å². The number of rotatable bonds is 4. The predicted octanol–water partition coefficient (Wildman–Crippen LogP) is 1.15. The molecule has 0 fully saturated rings. The zero-order valence-corrected chi connectivity index (χ0v) is 9.43. The van der Waals surface area contributed by atoms with E-state index >= 15 is 0 Å². The van der Waals surface area contributed by atoms with Crippen LogP contribution >= 0.6 is 0 Å². The molecule has 0 saturated heterocycles. The van der Waals surface area contributed by atoms with Gasteiger partial charge in [0, 0.05) is 18.7 Å². The van der Waals surface area contributed by atoms with Crippen LogP contribution in [0.2, 0.25) is 0 Å². The van der Waals surface area contributed by atoms with Crippen LogP contribution in [-0.2, 0) is 0 Å². The second-order valence-corrected chi connectivity index (χ2v) is 3.43. The molecule has 0 aromatic carbocycles. The minimum absolute atomic E-state index is 0.183. The van der Waals surface area contributed by atoms with Crippen molar-refractivity contribution in [1.82, 2.24) is 4.73 Å². The first-order chi connectivity index (χ1) is 7.65. The normalized spacial score (nSPS) is 10.8. The molecule has 0 amide bonds. The van der Waals surface area contributed by atoms with Crippen molar-refractivity contribution < 1.29 is 5.21 Å². The molecule has 1 heterocycles. The van der Waals surface area contributed by atoms with Gasteiger partial charge in [-0.05, 0) is 12.8 Å². The number of hydrogen-bond acceptors (Lipinski definition) is 4. The Bertz CT molecular complexity index is 408. The molecule has 5 N–H and O–H groups in total. The van der Waals surface area contributed by atoms with Crippen LogP contribution < -0.4 is 16.8 Å². The van der Waals surface area contributed by atoms with E-state index < -0.39 is 0 Å². The van der Waals surface area contributed by atoms with Crippen molar-refractivity contribution in [3.8, 4) is 0 Å². The zero-order valence-electron chi connectivity index (χ0n) is 9.43. The smallest absolute Gasteiger partial charge is 0.144 e. The zero-order chi connectivity index (χ0) is 12.0. The van der Waals surface area contributed by atoms with Crippen LogP contribution in [0, 0.1) is 0 Å². The van der Waals surface area contributed by atoms with Crippen LogP contribution in [0.1, 0.15) is 19.8 Å². The van der Waals surface area contributed by atoms with E-state index in [0.29, 0.717) is 11.9 Å². The fraction of sp³-hybridized carbons (Fsp3) is 0.364. The summed E-state index contributed by atoms with van der Waals surface area (Å²) < 4.78 is 0.732. The van der Waals surface area contributed by atoms with Crippen LogP contribution in [0.25, 0.3) is 0 Å². The highest BCUT2D eigenvalue weighted by atomic mass is 16.5. The molecule has 88 valence electrons. The van der Waals surface area contributed by atoms with Crippen molar-refractivity contribution in [2.24, 2.45) is 4.99 Å². The van der Waals surface area contributed by atoms with Gasteiger partial charge in [-0.2, -0.15) is 4.73 Å². The fourth-order valence-corrected chi connectivity index (χ4v) is 1.26. The summed E-state index contributed by atoms with van der Waals surface area (Å²) in [5.74, 6) is 0.366. The lowest BCUT2D eigenvalue weighted by atomic mass is 10.3. The number of nitrogens with zero attached hydrogens (tertiary/aromatic N) is 2.